The highest BCUT2D eigenvalue weighted by molar-refractivity contribution is 6.24. The lowest BCUT2D eigenvalue weighted by atomic mass is 10.1. The number of ether oxygens (including phenoxy) is 4. The molecule has 12 nitrogen and oxygen atoms in total. The first-order chi connectivity index (χ1) is 23.6. The van der Waals surface area contributed by atoms with Crippen LogP contribution in [-0.2, 0) is 18.9 Å². The molecule has 4 aromatic rings. The minimum Gasteiger partial charge on any atom is -0.388 e. The number of carbonyl (C=O) groups is 8. The van der Waals surface area contributed by atoms with E-state index >= 15 is 0 Å². The molecule has 0 fully saturated rings. The lowest BCUT2D eigenvalue weighted by Crippen LogP contribution is -1.96. The Hall–Kier alpha value is -6.40. The Bertz CT molecular complexity index is 1530. The Morgan fingerprint density at radius 1 is 0.367 bits per heavy atom. The van der Waals surface area contributed by atoms with Gasteiger partial charge < -0.3 is 18.9 Å². The van der Waals surface area contributed by atoms with Crippen molar-refractivity contribution in [3.05, 3.63) is 142 Å². The number of esters is 6. The largest absolute Gasteiger partial charge is 0.388 e. The van der Waals surface area contributed by atoms with Gasteiger partial charge in [-0.3, -0.25) is 9.59 Å². The number of cyclic esters (lactones) is 6. The van der Waals surface area contributed by atoms with E-state index in [1.165, 1.54) is 0 Å². The zero-order chi connectivity index (χ0) is 36.1. The average Bonchev–Trinajstić information content (AvgIpc) is 3.79. The summed E-state index contributed by atoms with van der Waals surface area (Å²) in [5.41, 5.74) is 3.31. The summed E-state index contributed by atoms with van der Waals surface area (Å²) in [7, 11) is 3.25. The number of fused-ring (bicyclic) bond motifs is 4. The predicted molar refractivity (Wildman–Crippen MR) is 173 cm³/mol. The van der Waals surface area contributed by atoms with E-state index in [4.69, 9.17) is 0 Å². The molecule has 0 bridgehead atoms. The Kier molecular flexibility index (Phi) is 13.2. The molecule has 0 spiro atoms. The lowest BCUT2D eigenvalue weighted by Gasteiger charge is -1.90. The van der Waals surface area contributed by atoms with Gasteiger partial charge in [-0.25, -0.2) is 28.8 Å². The topological polar surface area (TPSA) is 173 Å². The van der Waals surface area contributed by atoms with Gasteiger partial charge >= 0.3 is 35.8 Å². The van der Waals surface area contributed by atoms with Crippen LogP contribution in [0.2, 0.25) is 0 Å². The van der Waals surface area contributed by atoms with Crippen LogP contribution in [0, 0.1) is 0 Å². The van der Waals surface area contributed by atoms with Gasteiger partial charge in [0.1, 0.15) is 0 Å². The van der Waals surface area contributed by atoms with Crippen molar-refractivity contribution in [3.63, 3.8) is 0 Å². The second-order valence-electron chi connectivity index (χ2n) is 9.64. The molecule has 0 saturated carbocycles. The molecule has 4 aromatic carbocycles. The summed E-state index contributed by atoms with van der Waals surface area (Å²) >= 11 is 0. The number of benzene rings is 4. The van der Waals surface area contributed by atoms with Gasteiger partial charge in [-0.15, -0.1) is 0 Å². The Morgan fingerprint density at radius 3 is 0.714 bits per heavy atom. The Morgan fingerprint density at radius 2 is 0.531 bits per heavy atom. The van der Waals surface area contributed by atoms with Crippen molar-refractivity contribution in [3.8, 4) is 0 Å². The molecule has 0 radical (unpaired) electrons. The average molecular weight is 667 g/mol. The van der Waals surface area contributed by atoms with Gasteiger partial charge in [0, 0.05) is 25.3 Å². The molecule has 0 aromatic heterocycles. The van der Waals surface area contributed by atoms with Gasteiger partial charge in [-0.2, -0.15) is 0 Å². The van der Waals surface area contributed by atoms with E-state index in [1.807, 2.05) is 13.8 Å². The van der Waals surface area contributed by atoms with Gasteiger partial charge in [0.2, 0.25) is 0 Å². The molecule has 0 N–H and O–H groups in total. The molecule has 0 atom stereocenters. The van der Waals surface area contributed by atoms with Crippen LogP contribution in [0.4, 0.5) is 0 Å². The zero-order valence-electron chi connectivity index (χ0n) is 26.8. The van der Waals surface area contributed by atoms with E-state index in [0.717, 1.165) is 0 Å². The maximum atomic E-state index is 11.1. The molecule has 12 heteroatoms. The van der Waals surface area contributed by atoms with Crippen LogP contribution in [0.15, 0.2) is 97.1 Å². The molecule has 250 valence electrons. The highest BCUT2D eigenvalue weighted by Gasteiger charge is 2.30. The number of Topliss-reactive ketones (excluding diaryl/α,β-unsaturated/α-hetero) is 2. The fraction of sp³-hybridized carbons (Fsp3) is 0.135. The molecule has 8 rings (SSSR count). The van der Waals surface area contributed by atoms with E-state index < -0.39 is 35.8 Å². The van der Waals surface area contributed by atoms with E-state index in [2.05, 4.69) is 18.9 Å². The summed E-state index contributed by atoms with van der Waals surface area (Å²) in [4.78, 5) is 87.1. The Balaban J connectivity index is 0.000000169. The van der Waals surface area contributed by atoms with Crippen LogP contribution in [0.5, 0.6) is 0 Å². The monoisotopic (exact) mass is 666 g/mol. The van der Waals surface area contributed by atoms with Crippen molar-refractivity contribution in [1.29, 1.82) is 0 Å². The number of methoxy groups -OCH3 is 1. The van der Waals surface area contributed by atoms with Gasteiger partial charge in [0.25, 0.3) is 0 Å². The molecule has 49 heavy (non-hydrogen) atoms. The number of rotatable bonds is 0. The van der Waals surface area contributed by atoms with Crippen molar-refractivity contribution in [2.45, 2.75) is 20.3 Å². The normalized spacial score (nSPS) is 13.7. The minimum absolute atomic E-state index is 0.0504. The van der Waals surface area contributed by atoms with Crippen LogP contribution in [0.1, 0.15) is 103 Å². The number of hydrogen-bond acceptors (Lipinski definition) is 12. The second kappa shape index (κ2) is 17.5. The zero-order valence-corrected chi connectivity index (χ0v) is 26.8. The molecular weight excluding hydrogens is 636 g/mol. The summed E-state index contributed by atoms with van der Waals surface area (Å²) in [6.07, 6.45) is 0.0549. The smallest absolute Gasteiger partial charge is 0.346 e. The van der Waals surface area contributed by atoms with Crippen molar-refractivity contribution in [2.24, 2.45) is 0 Å². The standard InChI is InChI=1S/C9H6O2.3C8H4O3.C2H6O.C2H6/c10-8-5-9(11)7-4-2-1-3-6(7)8;3*9-7-5-3-1-2-4-6(5)8(10)11-7;1-3-2;1-2/h1-4H,5H2;3*1-4H;1-2H3;1-2H3. The van der Waals surface area contributed by atoms with Crippen LogP contribution < -0.4 is 0 Å². The maximum absolute atomic E-state index is 11.1. The van der Waals surface area contributed by atoms with E-state index in [9.17, 15) is 38.4 Å². The summed E-state index contributed by atoms with van der Waals surface area (Å²) < 4.78 is 17.3. The summed E-state index contributed by atoms with van der Waals surface area (Å²) in [6, 6.07) is 26.5. The number of hydrogen-bond donors (Lipinski definition) is 0. The third-order valence-corrected chi connectivity index (χ3v) is 6.51. The van der Waals surface area contributed by atoms with Gasteiger partial charge in [0.05, 0.1) is 39.8 Å². The minimum atomic E-state index is -0.550. The fourth-order valence-electron chi connectivity index (χ4n) is 4.41. The third kappa shape index (κ3) is 8.90. The first-order valence-electron chi connectivity index (χ1n) is 14.7. The first kappa shape index (κ1) is 37.1. The van der Waals surface area contributed by atoms with Crippen LogP contribution in [0.3, 0.4) is 0 Å². The van der Waals surface area contributed by atoms with Gasteiger partial charge in [0.15, 0.2) is 11.6 Å². The molecule has 3 aliphatic heterocycles. The number of carbonyl (C=O) groups excluding carboxylic acids is 8. The maximum Gasteiger partial charge on any atom is 0.346 e. The second-order valence-corrected chi connectivity index (χ2v) is 9.64. The number of ketones is 2. The molecule has 3 heterocycles. The van der Waals surface area contributed by atoms with Crippen LogP contribution in [-0.4, -0.2) is 61.6 Å². The predicted octanol–water partition coefficient (Wildman–Crippen LogP) is 5.74. The molecule has 0 amide bonds. The molecule has 4 aliphatic rings. The van der Waals surface area contributed by atoms with Crippen molar-refractivity contribution < 1.29 is 57.3 Å². The summed E-state index contributed by atoms with van der Waals surface area (Å²) in [5.74, 6) is -3.40. The quantitative estimate of drug-likeness (QED) is 0.127. The molecule has 1 aliphatic carbocycles. The molecule has 0 unspecified atom stereocenters. The highest BCUT2D eigenvalue weighted by Crippen LogP contribution is 2.22. The van der Waals surface area contributed by atoms with Crippen molar-refractivity contribution >= 4 is 47.4 Å². The highest BCUT2D eigenvalue weighted by atomic mass is 16.6. The van der Waals surface area contributed by atoms with E-state index in [1.54, 1.807) is 111 Å². The third-order valence-electron chi connectivity index (χ3n) is 6.51. The van der Waals surface area contributed by atoms with Gasteiger partial charge in [-0.1, -0.05) is 74.5 Å². The molecule has 0 saturated heterocycles. The van der Waals surface area contributed by atoms with Crippen molar-refractivity contribution in [1.82, 2.24) is 0 Å². The van der Waals surface area contributed by atoms with Crippen molar-refractivity contribution in [2.75, 3.05) is 14.2 Å². The Labute approximate surface area is 280 Å². The van der Waals surface area contributed by atoms with E-state index in [-0.39, 0.29) is 18.0 Å². The van der Waals surface area contributed by atoms with Crippen LogP contribution >= 0.6 is 0 Å². The SMILES string of the molecule is CC.COC.O=C1CC(=O)c2ccccc21.O=C1OC(=O)c2ccccc21.O=C1OC(=O)c2ccccc21.O=C1OC(=O)c2ccccc21. The van der Waals surface area contributed by atoms with Gasteiger partial charge in [-0.05, 0) is 36.4 Å². The lowest BCUT2D eigenvalue weighted by molar-refractivity contribution is 0.0425. The fourth-order valence-corrected chi connectivity index (χ4v) is 4.41. The first-order valence-corrected chi connectivity index (χ1v) is 14.7. The molecular formula is C37H30O12. The van der Waals surface area contributed by atoms with E-state index in [0.29, 0.717) is 44.5 Å². The summed E-state index contributed by atoms with van der Waals surface area (Å²) in [6.45, 7) is 4.00. The summed E-state index contributed by atoms with van der Waals surface area (Å²) in [5, 5.41) is 0. The van der Waals surface area contributed by atoms with Crippen LogP contribution in [0.25, 0.3) is 0 Å².